The SMILES string of the molecule is O=C1C(Br)CCN1c1ccc(Br)c(F)c1. The van der Waals surface area contributed by atoms with E-state index in [1.165, 1.54) is 6.07 Å². The molecule has 1 unspecified atom stereocenters. The summed E-state index contributed by atoms with van der Waals surface area (Å²) in [5, 5.41) is 0. The minimum absolute atomic E-state index is 0.00303. The van der Waals surface area contributed by atoms with Gasteiger partial charge in [0.2, 0.25) is 5.91 Å². The summed E-state index contributed by atoms with van der Waals surface area (Å²) in [7, 11) is 0. The fourth-order valence-corrected chi connectivity index (χ4v) is 2.25. The standard InChI is InChI=1S/C10H8Br2FNO/c11-7-2-1-6(5-9(7)13)14-4-3-8(12)10(14)15/h1-2,5,8H,3-4H2. The molecule has 80 valence electrons. The smallest absolute Gasteiger partial charge is 0.240 e. The lowest BCUT2D eigenvalue weighted by Crippen LogP contribution is -2.27. The fraction of sp³-hybridized carbons (Fsp3) is 0.300. The molecule has 1 aromatic carbocycles. The zero-order chi connectivity index (χ0) is 11.0. The van der Waals surface area contributed by atoms with Crippen molar-refractivity contribution in [3.63, 3.8) is 0 Å². The molecule has 1 aromatic rings. The van der Waals surface area contributed by atoms with Gasteiger partial charge >= 0.3 is 0 Å². The van der Waals surface area contributed by atoms with Gasteiger partial charge in [0, 0.05) is 12.2 Å². The minimum atomic E-state index is -0.349. The second-order valence-corrected chi connectivity index (χ2v) is 5.30. The first-order valence-corrected chi connectivity index (χ1v) is 6.21. The second-order valence-electron chi connectivity index (χ2n) is 3.34. The Morgan fingerprint density at radius 3 is 2.73 bits per heavy atom. The average Bonchev–Trinajstić information content (AvgIpc) is 2.53. The molecule has 0 radical (unpaired) electrons. The molecular weight excluding hydrogens is 329 g/mol. The molecule has 1 saturated heterocycles. The van der Waals surface area contributed by atoms with Gasteiger partial charge in [0.05, 0.1) is 9.30 Å². The number of anilines is 1. The van der Waals surface area contributed by atoms with Crippen molar-refractivity contribution in [2.24, 2.45) is 0 Å². The number of hydrogen-bond donors (Lipinski definition) is 0. The summed E-state index contributed by atoms with van der Waals surface area (Å²) in [6.07, 6.45) is 0.760. The van der Waals surface area contributed by atoms with Gasteiger partial charge in [-0.25, -0.2) is 4.39 Å². The molecule has 0 bridgehead atoms. The van der Waals surface area contributed by atoms with E-state index in [9.17, 15) is 9.18 Å². The summed E-state index contributed by atoms with van der Waals surface area (Å²) in [6.45, 7) is 0.635. The maximum absolute atomic E-state index is 13.3. The molecule has 1 atom stereocenters. The summed E-state index contributed by atoms with van der Waals surface area (Å²) >= 11 is 6.36. The molecule has 1 aliphatic rings. The summed E-state index contributed by atoms with van der Waals surface area (Å²) in [4.78, 5) is 13.1. The Morgan fingerprint density at radius 2 is 2.20 bits per heavy atom. The molecule has 5 heteroatoms. The van der Waals surface area contributed by atoms with Crippen molar-refractivity contribution < 1.29 is 9.18 Å². The van der Waals surface area contributed by atoms with Crippen molar-refractivity contribution in [2.45, 2.75) is 11.2 Å². The second kappa shape index (κ2) is 4.22. The number of rotatable bonds is 1. The zero-order valence-electron chi connectivity index (χ0n) is 7.71. The molecule has 2 nitrogen and oxygen atoms in total. The summed E-state index contributed by atoms with van der Waals surface area (Å²) in [5.74, 6) is -0.352. The molecule has 0 aromatic heterocycles. The van der Waals surface area contributed by atoms with Crippen molar-refractivity contribution in [2.75, 3.05) is 11.4 Å². The lowest BCUT2D eigenvalue weighted by molar-refractivity contribution is -0.116. The molecule has 1 aliphatic heterocycles. The van der Waals surface area contributed by atoms with Gasteiger partial charge in [-0.15, -0.1) is 0 Å². The molecule has 0 aliphatic carbocycles. The van der Waals surface area contributed by atoms with Crippen LogP contribution in [0.15, 0.2) is 22.7 Å². The van der Waals surface area contributed by atoms with Gasteiger partial charge in [-0.05, 0) is 40.5 Å². The number of hydrogen-bond acceptors (Lipinski definition) is 1. The van der Waals surface area contributed by atoms with E-state index >= 15 is 0 Å². The van der Waals surface area contributed by atoms with Crippen LogP contribution in [0.25, 0.3) is 0 Å². The molecule has 15 heavy (non-hydrogen) atoms. The first kappa shape index (κ1) is 11.1. The Hall–Kier alpha value is -0.420. The predicted octanol–water partition coefficient (Wildman–Crippen LogP) is 3.09. The number of benzene rings is 1. The quantitative estimate of drug-likeness (QED) is 0.722. The maximum atomic E-state index is 13.3. The van der Waals surface area contributed by atoms with Crippen LogP contribution in [0.2, 0.25) is 0 Å². The van der Waals surface area contributed by atoms with E-state index in [0.29, 0.717) is 16.7 Å². The van der Waals surface area contributed by atoms with Crippen LogP contribution in [-0.2, 0) is 4.79 Å². The Morgan fingerprint density at radius 1 is 1.47 bits per heavy atom. The van der Waals surface area contributed by atoms with Crippen molar-refractivity contribution in [1.82, 2.24) is 0 Å². The van der Waals surface area contributed by atoms with Gasteiger partial charge in [0.25, 0.3) is 0 Å². The highest BCUT2D eigenvalue weighted by Crippen LogP contribution is 2.28. The first-order chi connectivity index (χ1) is 7.09. The van der Waals surface area contributed by atoms with Crippen LogP contribution in [-0.4, -0.2) is 17.3 Å². The number of alkyl halides is 1. The van der Waals surface area contributed by atoms with Crippen LogP contribution in [0.4, 0.5) is 10.1 Å². The van der Waals surface area contributed by atoms with E-state index in [-0.39, 0.29) is 16.6 Å². The fourth-order valence-electron chi connectivity index (χ4n) is 1.55. The van der Waals surface area contributed by atoms with Crippen LogP contribution in [0, 0.1) is 5.82 Å². The van der Waals surface area contributed by atoms with Gasteiger partial charge in [-0.1, -0.05) is 15.9 Å². The zero-order valence-corrected chi connectivity index (χ0v) is 10.9. The number of nitrogens with zero attached hydrogens (tertiary/aromatic N) is 1. The number of carbonyl (C=O) groups is 1. The van der Waals surface area contributed by atoms with E-state index in [1.54, 1.807) is 17.0 Å². The lowest BCUT2D eigenvalue weighted by atomic mass is 10.3. The van der Waals surface area contributed by atoms with E-state index < -0.39 is 0 Å². The van der Waals surface area contributed by atoms with Crippen molar-refractivity contribution in [3.8, 4) is 0 Å². The van der Waals surface area contributed by atoms with Crippen LogP contribution >= 0.6 is 31.9 Å². The topological polar surface area (TPSA) is 20.3 Å². The first-order valence-electron chi connectivity index (χ1n) is 4.50. The van der Waals surface area contributed by atoms with E-state index in [0.717, 1.165) is 6.42 Å². The van der Waals surface area contributed by atoms with Gasteiger partial charge in [-0.2, -0.15) is 0 Å². The molecule has 0 saturated carbocycles. The number of halogens is 3. The average molecular weight is 337 g/mol. The van der Waals surface area contributed by atoms with Crippen molar-refractivity contribution in [3.05, 3.63) is 28.5 Å². The Bertz CT molecular complexity index is 410. The molecule has 0 N–H and O–H groups in total. The third kappa shape index (κ3) is 2.08. The number of amides is 1. The predicted molar refractivity (Wildman–Crippen MR) is 63.8 cm³/mol. The van der Waals surface area contributed by atoms with Gasteiger partial charge < -0.3 is 4.90 Å². The van der Waals surface area contributed by atoms with E-state index in [2.05, 4.69) is 31.9 Å². The molecule has 1 amide bonds. The monoisotopic (exact) mass is 335 g/mol. The summed E-state index contributed by atoms with van der Waals surface area (Å²) in [5.41, 5.74) is 0.614. The van der Waals surface area contributed by atoms with Gasteiger partial charge in [0.15, 0.2) is 0 Å². The van der Waals surface area contributed by atoms with Gasteiger partial charge in [-0.3, -0.25) is 4.79 Å². The highest BCUT2D eigenvalue weighted by molar-refractivity contribution is 9.10. The number of carbonyl (C=O) groups excluding carboxylic acids is 1. The van der Waals surface area contributed by atoms with E-state index in [1.807, 2.05) is 0 Å². The Balaban J connectivity index is 2.31. The lowest BCUT2D eigenvalue weighted by Gasteiger charge is -2.16. The van der Waals surface area contributed by atoms with Crippen molar-refractivity contribution >= 4 is 43.5 Å². The van der Waals surface area contributed by atoms with Crippen molar-refractivity contribution in [1.29, 1.82) is 0 Å². The molecular formula is C10H8Br2FNO. The highest BCUT2D eigenvalue weighted by Gasteiger charge is 2.30. The highest BCUT2D eigenvalue weighted by atomic mass is 79.9. The van der Waals surface area contributed by atoms with E-state index in [4.69, 9.17) is 0 Å². The summed E-state index contributed by atoms with van der Waals surface area (Å²) < 4.78 is 13.7. The third-order valence-electron chi connectivity index (χ3n) is 2.35. The molecule has 1 heterocycles. The van der Waals surface area contributed by atoms with Gasteiger partial charge in [0.1, 0.15) is 5.82 Å². The minimum Gasteiger partial charge on any atom is -0.311 e. The molecule has 2 rings (SSSR count). The maximum Gasteiger partial charge on any atom is 0.240 e. The normalized spacial score (nSPS) is 21.1. The van der Waals surface area contributed by atoms with Crippen LogP contribution in [0.1, 0.15) is 6.42 Å². The Labute approximate surface area is 104 Å². The van der Waals surface area contributed by atoms with Crippen LogP contribution in [0.5, 0.6) is 0 Å². The Kier molecular flexibility index (Phi) is 3.11. The third-order valence-corrected chi connectivity index (χ3v) is 3.85. The molecule has 0 spiro atoms. The molecule has 1 fully saturated rings. The van der Waals surface area contributed by atoms with Crippen LogP contribution in [0.3, 0.4) is 0 Å². The largest absolute Gasteiger partial charge is 0.311 e. The summed E-state index contributed by atoms with van der Waals surface area (Å²) in [6, 6.07) is 4.71. The van der Waals surface area contributed by atoms with Crippen LogP contribution < -0.4 is 4.90 Å².